The summed E-state index contributed by atoms with van der Waals surface area (Å²) in [5, 5.41) is -0.0921. The van der Waals surface area contributed by atoms with E-state index in [9.17, 15) is 18.0 Å². The van der Waals surface area contributed by atoms with Crippen molar-refractivity contribution >= 4 is 23.6 Å². The van der Waals surface area contributed by atoms with E-state index < -0.39 is 17.4 Å². The number of nitrogens with two attached hydrogens (primary N) is 1. The third-order valence-corrected chi connectivity index (χ3v) is 1.99. The molecule has 0 aromatic heterocycles. The van der Waals surface area contributed by atoms with E-state index in [2.05, 4.69) is 0 Å². The molecule has 0 saturated carbocycles. The third kappa shape index (κ3) is 1.82. The van der Waals surface area contributed by atoms with E-state index in [-0.39, 0.29) is 16.9 Å². The van der Waals surface area contributed by atoms with Crippen LogP contribution in [0.4, 0.5) is 18.9 Å². The molecule has 6 heteroatoms. The van der Waals surface area contributed by atoms with Crippen molar-refractivity contribution in [3.8, 4) is 0 Å². The monoisotopic (exact) mass is 223 g/mol. The van der Waals surface area contributed by atoms with Gasteiger partial charge in [0.1, 0.15) is 0 Å². The molecule has 76 valence electrons. The topological polar surface area (TPSA) is 43.1 Å². The molecule has 0 saturated heterocycles. The van der Waals surface area contributed by atoms with Crippen LogP contribution in [0.25, 0.3) is 0 Å². The molecule has 0 atom stereocenters. The van der Waals surface area contributed by atoms with Gasteiger partial charge in [-0.15, -0.1) is 0 Å². The van der Waals surface area contributed by atoms with Crippen LogP contribution in [0.3, 0.4) is 0 Å². The van der Waals surface area contributed by atoms with E-state index in [0.717, 1.165) is 12.1 Å². The second kappa shape index (κ2) is 3.49. The lowest BCUT2D eigenvalue weighted by Gasteiger charge is -2.11. The SMILES string of the molecule is Nc1c(C(F)(F)F)ccc(Cl)c1C=O. The summed E-state index contributed by atoms with van der Waals surface area (Å²) in [6.07, 6.45) is -4.38. The zero-order valence-corrected chi connectivity index (χ0v) is 7.49. The Morgan fingerprint density at radius 1 is 1.36 bits per heavy atom. The summed E-state index contributed by atoms with van der Waals surface area (Å²) in [6.45, 7) is 0. The van der Waals surface area contributed by atoms with Gasteiger partial charge >= 0.3 is 6.18 Å². The van der Waals surface area contributed by atoms with Gasteiger partial charge in [-0.3, -0.25) is 4.79 Å². The summed E-state index contributed by atoms with van der Waals surface area (Å²) in [4.78, 5) is 10.4. The maximum absolute atomic E-state index is 12.3. The molecule has 0 amide bonds. The zero-order valence-electron chi connectivity index (χ0n) is 6.73. The first-order valence-corrected chi connectivity index (χ1v) is 3.86. The molecule has 0 aliphatic carbocycles. The highest BCUT2D eigenvalue weighted by molar-refractivity contribution is 6.33. The second-order valence-corrected chi connectivity index (χ2v) is 2.95. The van der Waals surface area contributed by atoms with Crippen molar-refractivity contribution in [2.24, 2.45) is 0 Å². The van der Waals surface area contributed by atoms with Crippen molar-refractivity contribution in [3.05, 3.63) is 28.3 Å². The Morgan fingerprint density at radius 3 is 2.36 bits per heavy atom. The van der Waals surface area contributed by atoms with Gasteiger partial charge in [-0.1, -0.05) is 11.6 Å². The molecule has 0 radical (unpaired) electrons. The van der Waals surface area contributed by atoms with Crippen LogP contribution in [0.2, 0.25) is 5.02 Å². The van der Waals surface area contributed by atoms with Crippen molar-refractivity contribution in [1.82, 2.24) is 0 Å². The highest BCUT2D eigenvalue weighted by Gasteiger charge is 2.34. The van der Waals surface area contributed by atoms with Gasteiger partial charge in [0.15, 0.2) is 6.29 Å². The third-order valence-electron chi connectivity index (χ3n) is 1.66. The summed E-state index contributed by atoms with van der Waals surface area (Å²) in [6, 6.07) is 1.73. The first-order chi connectivity index (χ1) is 6.38. The van der Waals surface area contributed by atoms with Gasteiger partial charge in [-0.05, 0) is 12.1 Å². The number of benzene rings is 1. The van der Waals surface area contributed by atoms with Crippen LogP contribution >= 0.6 is 11.6 Å². The van der Waals surface area contributed by atoms with Crippen LogP contribution in [0.1, 0.15) is 15.9 Å². The molecule has 1 rings (SSSR count). The van der Waals surface area contributed by atoms with Crippen LogP contribution in [-0.4, -0.2) is 6.29 Å². The fourth-order valence-corrected chi connectivity index (χ4v) is 1.19. The second-order valence-electron chi connectivity index (χ2n) is 2.54. The van der Waals surface area contributed by atoms with E-state index in [1.165, 1.54) is 0 Å². The number of alkyl halides is 3. The first kappa shape index (κ1) is 10.8. The van der Waals surface area contributed by atoms with Crippen LogP contribution in [0, 0.1) is 0 Å². The van der Waals surface area contributed by atoms with Gasteiger partial charge < -0.3 is 5.73 Å². The predicted octanol–water partition coefficient (Wildman–Crippen LogP) is 2.75. The van der Waals surface area contributed by atoms with Crippen molar-refractivity contribution in [3.63, 3.8) is 0 Å². The molecule has 1 aromatic rings. The van der Waals surface area contributed by atoms with Gasteiger partial charge in [0, 0.05) is 0 Å². The maximum Gasteiger partial charge on any atom is 0.418 e. The highest BCUT2D eigenvalue weighted by Crippen LogP contribution is 2.36. The van der Waals surface area contributed by atoms with Crippen molar-refractivity contribution < 1.29 is 18.0 Å². The molecule has 2 nitrogen and oxygen atoms in total. The van der Waals surface area contributed by atoms with Crippen molar-refractivity contribution in [2.45, 2.75) is 6.18 Å². The number of halogens is 4. The number of hydrogen-bond acceptors (Lipinski definition) is 2. The molecule has 2 N–H and O–H groups in total. The number of carbonyl (C=O) groups excluding carboxylic acids is 1. The Balaban J connectivity index is 3.43. The summed E-state index contributed by atoms with van der Waals surface area (Å²) < 4.78 is 36.8. The number of nitrogen functional groups attached to an aromatic ring is 1. The number of hydrogen-bond donors (Lipinski definition) is 1. The number of carbonyl (C=O) groups is 1. The average molecular weight is 224 g/mol. The molecule has 0 aliphatic rings. The molecule has 0 unspecified atom stereocenters. The Morgan fingerprint density at radius 2 is 1.93 bits per heavy atom. The Bertz CT molecular complexity index is 376. The lowest BCUT2D eigenvalue weighted by molar-refractivity contribution is -0.136. The predicted molar refractivity (Wildman–Crippen MR) is 46.3 cm³/mol. The van der Waals surface area contributed by atoms with Gasteiger partial charge in [0.05, 0.1) is 21.8 Å². The van der Waals surface area contributed by atoms with Crippen LogP contribution in [-0.2, 0) is 6.18 Å². The van der Waals surface area contributed by atoms with E-state index in [1.54, 1.807) is 0 Å². The summed E-state index contributed by atoms with van der Waals surface area (Å²) in [7, 11) is 0. The Hall–Kier alpha value is -1.23. The number of aldehydes is 1. The van der Waals surface area contributed by atoms with E-state index in [4.69, 9.17) is 17.3 Å². The van der Waals surface area contributed by atoms with Gasteiger partial charge in [0.25, 0.3) is 0 Å². The normalized spacial score (nSPS) is 11.4. The molecule has 0 spiro atoms. The van der Waals surface area contributed by atoms with Crippen LogP contribution in [0.15, 0.2) is 12.1 Å². The van der Waals surface area contributed by atoms with Crippen molar-refractivity contribution in [1.29, 1.82) is 0 Å². The summed E-state index contributed by atoms with van der Waals surface area (Å²) in [5.74, 6) is 0. The average Bonchev–Trinajstić information content (AvgIpc) is 2.02. The zero-order chi connectivity index (χ0) is 10.9. The first-order valence-electron chi connectivity index (χ1n) is 3.48. The Labute approximate surface area is 82.5 Å². The van der Waals surface area contributed by atoms with E-state index >= 15 is 0 Å². The highest BCUT2D eigenvalue weighted by atomic mass is 35.5. The number of anilines is 1. The molecule has 14 heavy (non-hydrogen) atoms. The van der Waals surface area contributed by atoms with E-state index in [0.29, 0.717) is 0 Å². The molecular formula is C8H5ClF3NO. The van der Waals surface area contributed by atoms with E-state index in [1.807, 2.05) is 0 Å². The standard InChI is InChI=1S/C8H5ClF3NO/c9-6-2-1-5(8(10,11)12)7(13)4(6)3-14/h1-3H,13H2. The van der Waals surface area contributed by atoms with Crippen molar-refractivity contribution in [2.75, 3.05) is 5.73 Å². The molecule has 1 aromatic carbocycles. The smallest absolute Gasteiger partial charge is 0.398 e. The van der Waals surface area contributed by atoms with Gasteiger partial charge in [-0.2, -0.15) is 13.2 Å². The fraction of sp³-hybridized carbons (Fsp3) is 0.125. The lowest BCUT2D eigenvalue weighted by atomic mass is 10.1. The van der Waals surface area contributed by atoms with Gasteiger partial charge in [0.2, 0.25) is 0 Å². The fourth-order valence-electron chi connectivity index (χ4n) is 0.977. The minimum atomic E-state index is -4.58. The minimum absolute atomic E-state index is 0.0921. The van der Waals surface area contributed by atoms with Gasteiger partial charge in [-0.25, -0.2) is 0 Å². The molecule has 0 bridgehead atoms. The largest absolute Gasteiger partial charge is 0.418 e. The molecule has 0 aliphatic heterocycles. The molecule has 0 fully saturated rings. The summed E-state index contributed by atoms with van der Waals surface area (Å²) >= 11 is 5.47. The lowest BCUT2D eigenvalue weighted by Crippen LogP contribution is -2.10. The Kier molecular flexibility index (Phi) is 2.71. The minimum Gasteiger partial charge on any atom is -0.398 e. The van der Waals surface area contributed by atoms with Crippen LogP contribution in [0.5, 0.6) is 0 Å². The molecule has 0 heterocycles. The maximum atomic E-state index is 12.3. The summed E-state index contributed by atoms with van der Waals surface area (Å²) in [5.41, 5.74) is 3.12. The number of rotatable bonds is 1. The molecular weight excluding hydrogens is 219 g/mol. The van der Waals surface area contributed by atoms with Crippen LogP contribution < -0.4 is 5.73 Å². The quantitative estimate of drug-likeness (QED) is 0.588.